The number of halogens is 2. The number of amides is 1. The van der Waals surface area contributed by atoms with E-state index in [0.29, 0.717) is 11.4 Å². The number of benzene rings is 1. The van der Waals surface area contributed by atoms with Gasteiger partial charge < -0.3 is 10.2 Å². The summed E-state index contributed by atoms with van der Waals surface area (Å²) < 4.78 is 13.8. The van der Waals surface area contributed by atoms with Crippen LogP contribution in [0.2, 0.25) is 5.02 Å². The largest absolute Gasteiger partial charge is 0.382 e. The van der Waals surface area contributed by atoms with Crippen LogP contribution in [-0.4, -0.2) is 22.7 Å². The molecule has 1 aromatic heterocycles. The average Bonchev–Trinajstić information content (AvgIpc) is 2.98. The quantitative estimate of drug-likeness (QED) is 0.946. The number of anilines is 1. The molecule has 7 heteroatoms. The fraction of sp³-hybridized carbons (Fsp3) is 0.133. The molecular formula is C15H11ClFN3O2. The molecule has 2 aromatic rings. The molecule has 1 aliphatic rings. The number of carbonyl (C=O) groups excluding carboxylic acids is 1. The van der Waals surface area contributed by atoms with Gasteiger partial charge in [-0.3, -0.25) is 9.78 Å². The van der Waals surface area contributed by atoms with Gasteiger partial charge in [0.25, 0.3) is 5.91 Å². The van der Waals surface area contributed by atoms with Crippen LogP contribution in [0.15, 0.2) is 47.9 Å². The summed E-state index contributed by atoms with van der Waals surface area (Å²) in [5.74, 6) is -0.873. The van der Waals surface area contributed by atoms with Gasteiger partial charge in [0, 0.05) is 12.6 Å². The van der Waals surface area contributed by atoms with Crippen molar-refractivity contribution >= 4 is 28.9 Å². The molecule has 3 rings (SSSR count). The molecule has 112 valence electrons. The summed E-state index contributed by atoms with van der Waals surface area (Å²) in [5, 5.41) is 6.68. The zero-order valence-electron chi connectivity index (χ0n) is 11.3. The second kappa shape index (κ2) is 6.11. The summed E-state index contributed by atoms with van der Waals surface area (Å²) >= 11 is 5.98. The fourth-order valence-electron chi connectivity index (χ4n) is 2.10. The minimum atomic E-state index is -0.828. The van der Waals surface area contributed by atoms with Crippen LogP contribution in [0, 0.1) is 5.82 Å². The van der Waals surface area contributed by atoms with Crippen LogP contribution in [0.25, 0.3) is 0 Å². The molecule has 1 atom stereocenters. The first kappa shape index (κ1) is 14.5. The normalized spacial score (nSPS) is 16.8. The summed E-state index contributed by atoms with van der Waals surface area (Å²) in [4.78, 5) is 21.1. The van der Waals surface area contributed by atoms with Crippen LogP contribution >= 0.6 is 11.6 Å². The summed E-state index contributed by atoms with van der Waals surface area (Å²) in [5.41, 5.74) is 1.03. The Morgan fingerprint density at radius 1 is 1.36 bits per heavy atom. The maximum atomic E-state index is 13.8. The van der Waals surface area contributed by atoms with Gasteiger partial charge in [0.05, 0.1) is 28.2 Å². The highest BCUT2D eigenvalue weighted by Crippen LogP contribution is 2.25. The second-order valence-corrected chi connectivity index (χ2v) is 5.07. The third kappa shape index (κ3) is 2.92. The molecule has 0 fully saturated rings. The number of aromatic nitrogens is 1. The zero-order chi connectivity index (χ0) is 15.5. The lowest BCUT2D eigenvalue weighted by molar-refractivity contribution is -0.125. The van der Waals surface area contributed by atoms with Gasteiger partial charge in [0.15, 0.2) is 0 Å². The number of pyridine rings is 1. The van der Waals surface area contributed by atoms with Gasteiger partial charge in [-0.25, -0.2) is 4.39 Å². The van der Waals surface area contributed by atoms with E-state index in [1.807, 2.05) is 0 Å². The monoisotopic (exact) mass is 319 g/mol. The highest BCUT2D eigenvalue weighted by molar-refractivity contribution is 6.34. The fourth-order valence-corrected chi connectivity index (χ4v) is 2.37. The van der Waals surface area contributed by atoms with Crippen LogP contribution in [0.4, 0.5) is 10.1 Å². The SMILES string of the molecule is O=C(Nc1cccnc1)[C@@H]1CC(c2c(F)cccc2Cl)=NO1. The van der Waals surface area contributed by atoms with E-state index in [1.165, 1.54) is 18.3 Å². The van der Waals surface area contributed by atoms with Crippen molar-refractivity contribution in [3.63, 3.8) is 0 Å². The van der Waals surface area contributed by atoms with Crippen molar-refractivity contribution in [1.82, 2.24) is 4.98 Å². The number of hydrogen-bond acceptors (Lipinski definition) is 4. The molecule has 0 saturated heterocycles. The minimum absolute atomic E-state index is 0.146. The Kier molecular flexibility index (Phi) is 4.02. The number of carbonyl (C=O) groups is 1. The Bertz CT molecular complexity index is 717. The molecular weight excluding hydrogens is 309 g/mol. The van der Waals surface area contributed by atoms with Crippen molar-refractivity contribution in [1.29, 1.82) is 0 Å². The molecule has 5 nitrogen and oxygen atoms in total. The van der Waals surface area contributed by atoms with Gasteiger partial charge >= 0.3 is 0 Å². The number of hydrogen-bond donors (Lipinski definition) is 1. The molecule has 0 bridgehead atoms. The molecule has 1 N–H and O–H groups in total. The number of nitrogens with zero attached hydrogens (tertiary/aromatic N) is 2. The van der Waals surface area contributed by atoms with Crippen LogP contribution in [0.3, 0.4) is 0 Å². The van der Waals surface area contributed by atoms with Crippen molar-refractivity contribution in [2.24, 2.45) is 5.16 Å². The minimum Gasteiger partial charge on any atom is -0.382 e. The molecule has 0 saturated carbocycles. The molecule has 0 aliphatic carbocycles. The first-order valence-corrected chi connectivity index (χ1v) is 6.91. The molecule has 1 aromatic carbocycles. The van der Waals surface area contributed by atoms with Crippen molar-refractivity contribution in [3.05, 3.63) is 59.1 Å². The van der Waals surface area contributed by atoms with E-state index < -0.39 is 11.9 Å². The number of nitrogens with one attached hydrogen (secondary N) is 1. The summed E-state index contributed by atoms with van der Waals surface area (Å²) in [6.07, 6.45) is 2.43. The van der Waals surface area contributed by atoms with Crippen molar-refractivity contribution in [3.8, 4) is 0 Å². The Morgan fingerprint density at radius 3 is 2.95 bits per heavy atom. The molecule has 1 aliphatic heterocycles. The van der Waals surface area contributed by atoms with Gasteiger partial charge in [-0.15, -0.1) is 0 Å². The van der Waals surface area contributed by atoms with E-state index in [2.05, 4.69) is 15.5 Å². The predicted molar refractivity (Wildman–Crippen MR) is 80.3 cm³/mol. The van der Waals surface area contributed by atoms with Crippen molar-refractivity contribution in [2.75, 3.05) is 5.32 Å². The van der Waals surface area contributed by atoms with E-state index in [0.717, 1.165) is 0 Å². The average molecular weight is 320 g/mol. The van der Waals surface area contributed by atoms with Gasteiger partial charge in [-0.1, -0.05) is 22.8 Å². The molecule has 1 amide bonds. The third-order valence-corrected chi connectivity index (χ3v) is 3.46. The maximum Gasteiger partial charge on any atom is 0.268 e. The first-order chi connectivity index (χ1) is 10.6. The van der Waals surface area contributed by atoms with Crippen LogP contribution < -0.4 is 5.32 Å². The lowest BCUT2D eigenvalue weighted by atomic mass is 10.0. The molecule has 0 radical (unpaired) electrons. The summed E-state index contributed by atoms with van der Waals surface area (Å²) in [6.45, 7) is 0. The van der Waals surface area contributed by atoms with Crippen molar-refractivity contribution < 1.29 is 14.0 Å². The van der Waals surface area contributed by atoms with Gasteiger partial charge in [-0.2, -0.15) is 0 Å². The van der Waals surface area contributed by atoms with E-state index in [1.54, 1.807) is 24.4 Å². The zero-order valence-corrected chi connectivity index (χ0v) is 12.0. The second-order valence-electron chi connectivity index (χ2n) is 4.66. The highest BCUT2D eigenvalue weighted by atomic mass is 35.5. The summed E-state index contributed by atoms with van der Waals surface area (Å²) in [7, 11) is 0. The van der Waals surface area contributed by atoms with Crippen molar-refractivity contribution in [2.45, 2.75) is 12.5 Å². The summed E-state index contributed by atoms with van der Waals surface area (Å²) in [6, 6.07) is 7.75. The third-order valence-electron chi connectivity index (χ3n) is 3.14. The molecule has 22 heavy (non-hydrogen) atoms. The maximum absolute atomic E-state index is 13.8. The number of rotatable bonds is 3. The Balaban J connectivity index is 1.70. The number of oxime groups is 1. The smallest absolute Gasteiger partial charge is 0.268 e. The molecule has 0 unspecified atom stereocenters. The van der Waals surface area contributed by atoms with Gasteiger partial charge in [-0.05, 0) is 24.3 Å². The Morgan fingerprint density at radius 2 is 2.23 bits per heavy atom. The molecule has 0 spiro atoms. The van der Waals surface area contributed by atoms with E-state index in [-0.39, 0.29) is 22.9 Å². The van der Waals surface area contributed by atoms with Crippen LogP contribution in [0.5, 0.6) is 0 Å². The topological polar surface area (TPSA) is 63.6 Å². The van der Waals surface area contributed by atoms with E-state index in [4.69, 9.17) is 16.4 Å². The van der Waals surface area contributed by atoms with Crippen LogP contribution in [-0.2, 0) is 9.63 Å². The Labute approximate surface area is 130 Å². The van der Waals surface area contributed by atoms with Crippen LogP contribution in [0.1, 0.15) is 12.0 Å². The highest BCUT2D eigenvalue weighted by Gasteiger charge is 2.31. The standard InChI is InChI=1S/C15H11ClFN3O2/c16-10-4-1-5-11(17)14(10)12-7-13(22-20-12)15(21)19-9-3-2-6-18-8-9/h1-6,8,13H,7H2,(H,19,21)/t13-/m0/s1. The molecule has 2 heterocycles. The Hall–Kier alpha value is -2.47. The van der Waals surface area contributed by atoms with E-state index >= 15 is 0 Å². The lowest BCUT2D eigenvalue weighted by Gasteiger charge is -2.09. The first-order valence-electron chi connectivity index (χ1n) is 6.53. The van der Waals surface area contributed by atoms with Gasteiger partial charge in [0.1, 0.15) is 5.82 Å². The predicted octanol–water partition coefficient (Wildman–Crippen LogP) is 3.01. The lowest BCUT2D eigenvalue weighted by Crippen LogP contribution is -2.28. The van der Waals surface area contributed by atoms with E-state index in [9.17, 15) is 9.18 Å². The van der Waals surface area contributed by atoms with Gasteiger partial charge in [0.2, 0.25) is 6.10 Å².